The maximum Gasteiger partial charge on any atom is 0.272 e. The molecule has 96 valence electrons. The van der Waals surface area contributed by atoms with Gasteiger partial charge in [0.15, 0.2) is 0 Å². The zero-order valence-corrected chi connectivity index (χ0v) is 9.98. The number of carbonyl (C=O) groups is 2. The molecule has 0 aromatic carbocycles. The Morgan fingerprint density at radius 2 is 2.33 bits per heavy atom. The van der Waals surface area contributed by atoms with E-state index >= 15 is 0 Å². The Kier molecular flexibility index (Phi) is 2.21. The van der Waals surface area contributed by atoms with Gasteiger partial charge in [-0.2, -0.15) is 5.06 Å². The molecule has 7 nitrogen and oxygen atoms in total. The predicted octanol–water partition coefficient (Wildman–Crippen LogP) is -0.178. The topological polar surface area (TPSA) is 78.7 Å². The van der Waals surface area contributed by atoms with E-state index in [2.05, 4.69) is 4.98 Å². The fourth-order valence-electron chi connectivity index (χ4n) is 2.81. The lowest BCUT2D eigenvalue weighted by Crippen LogP contribution is -2.48. The summed E-state index contributed by atoms with van der Waals surface area (Å²) in [6.07, 6.45) is 5.76. The van der Waals surface area contributed by atoms with Crippen molar-refractivity contribution in [2.75, 3.05) is 0 Å². The molecule has 2 amide bonds. The Bertz CT molecular complexity index is 500. The molecule has 0 bridgehead atoms. The normalized spacial score (nSPS) is 31.3. The Hall–Kier alpha value is -1.89. The van der Waals surface area contributed by atoms with Crippen LogP contribution in [0.1, 0.15) is 19.8 Å². The van der Waals surface area contributed by atoms with Crippen molar-refractivity contribution in [1.29, 1.82) is 0 Å². The predicted molar refractivity (Wildman–Crippen MR) is 59.1 cm³/mol. The van der Waals surface area contributed by atoms with Crippen molar-refractivity contribution in [3.63, 3.8) is 0 Å². The van der Waals surface area contributed by atoms with E-state index in [-0.39, 0.29) is 5.91 Å². The Labute approximate surface area is 104 Å². The van der Waals surface area contributed by atoms with E-state index in [1.54, 1.807) is 30.2 Å². The lowest BCUT2D eigenvalue weighted by molar-refractivity contribution is -0.187. The zero-order valence-electron chi connectivity index (χ0n) is 9.98. The van der Waals surface area contributed by atoms with Crippen LogP contribution in [-0.2, 0) is 16.1 Å². The summed E-state index contributed by atoms with van der Waals surface area (Å²) in [5.41, 5.74) is -0.889. The van der Waals surface area contributed by atoms with Gasteiger partial charge in [-0.05, 0) is 6.92 Å². The van der Waals surface area contributed by atoms with Crippen LogP contribution in [0, 0.1) is 0 Å². The lowest BCUT2D eigenvalue weighted by atomic mass is 10.1. The average molecular weight is 250 g/mol. The van der Waals surface area contributed by atoms with Gasteiger partial charge in [0.2, 0.25) is 5.91 Å². The van der Waals surface area contributed by atoms with Crippen molar-refractivity contribution in [2.45, 2.75) is 38.0 Å². The highest BCUT2D eigenvalue weighted by molar-refractivity contribution is 5.93. The quantitative estimate of drug-likeness (QED) is 0.739. The van der Waals surface area contributed by atoms with Gasteiger partial charge in [-0.3, -0.25) is 14.8 Å². The van der Waals surface area contributed by atoms with Crippen molar-refractivity contribution in [3.8, 4) is 0 Å². The smallest absolute Gasteiger partial charge is 0.272 e. The zero-order chi connectivity index (χ0) is 12.9. The van der Waals surface area contributed by atoms with Crippen molar-refractivity contribution in [3.05, 3.63) is 18.7 Å². The van der Waals surface area contributed by atoms with Gasteiger partial charge >= 0.3 is 0 Å². The number of hydrogen-bond donors (Lipinski definition) is 1. The minimum Gasteiger partial charge on any atom is -0.335 e. The van der Waals surface area contributed by atoms with Crippen LogP contribution in [0.4, 0.5) is 0 Å². The summed E-state index contributed by atoms with van der Waals surface area (Å²) >= 11 is 0. The van der Waals surface area contributed by atoms with Crippen molar-refractivity contribution < 1.29 is 14.8 Å². The molecule has 2 aliphatic rings. The van der Waals surface area contributed by atoms with Gasteiger partial charge in [0.1, 0.15) is 11.7 Å². The highest BCUT2D eigenvalue weighted by Crippen LogP contribution is 2.40. The van der Waals surface area contributed by atoms with E-state index < -0.39 is 17.6 Å². The molecule has 0 aliphatic carbocycles. The van der Waals surface area contributed by atoms with Crippen molar-refractivity contribution in [2.24, 2.45) is 0 Å². The molecule has 1 aromatic rings. The summed E-state index contributed by atoms with van der Waals surface area (Å²) in [4.78, 5) is 29.3. The number of imidazole rings is 1. The standard InChI is InChI=1S/C11H14N4O3/c1-11-3-2-9(16)14(11)8(10(17)15(11)18)6-13-5-4-12-7-13/h4-5,7-8,18H,2-3,6H2,1H3/t8-,11+/m0/s1. The minimum absolute atomic E-state index is 0.0903. The number of fused-ring (bicyclic) bond motifs is 1. The molecular weight excluding hydrogens is 236 g/mol. The molecule has 2 aliphatic heterocycles. The number of nitrogens with zero attached hydrogens (tertiary/aromatic N) is 4. The van der Waals surface area contributed by atoms with Gasteiger partial charge in [-0.15, -0.1) is 0 Å². The molecule has 2 saturated heterocycles. The molecule has 1 aromatic heterocycles. The first-order chi connectivity index (χ1) is 8.54. The third kappa shape index (κ3) is 1.30. The fraction of sp³-hybridized carbons (Fsp3) is 0.545. The third-order valence-corrected chi connectivity index (χ3v) is 3.80. The third-order valence-electron chi connectivity index (χ3n) is 3.80. The molecule has 0 radical (unpaired) electrons. The maximum absolute atomic E-state index is 12.0. The first-order valence-electron chi connectivity index (χ1n) is 5.85. The van der Waals surface area contributed by atoms with Gasteiger partial charge in [-0.1, -0.05) is 0 Å². The second-order valence-corrected chi connectivity index (χ2v) is 4.91. The number of hydrogen-bond acceptors (Lipinski definition) is 4. The molecule has 7 heteroatoms. The molecule has 0 unspecified atom stereocenters. The first-order valence-corrected chi connectivity index (χ1v) is 5.85. The van der Waals surface area contributed by atoms with E-state index in [0.717, 1.165) is 0 Å². The fourth-order valence-corrected chi connectivity index (χ4v) is 2.81. The van der Waals surface area contributed by atoms with Gasteiger partial charge < -0.3 is 9.47 Å². The summed E-state index contributed by atoms with van der Waals surface area (Å²) in [6.45, 7) is 2.03. The monoisotopic (exact) mass is 250 g/mol. The Balaban J connectivity index is 1.94. The van der Waals surface area contributed by atoms with E-state index in [4.69, 9.17) is 0 Å². The molecule has 0 spiro atoms. The molecule has 2 atom stereocenters. The van der Waals surface area contributed by atoms with Crippen LogP contribution in [0.5, 0.6) is 0 Å². The largest absolute Gasteiger partial charge is 0.335 e. The number of aromatic nitrogens is 2. The molecular formula is C11H14N4O3. The van der Waals surface area contributed by atoms with E-state index in [1.165, 1.54) is 4.90 Å². The van der Waals surface area contributed by atoms with E-state index in [1.807, 2.05) is 0 Å². The van der Waals surface area contributed by atoms with Gasteiger partial charge in [0.25, 0.3) is 5.91 Å². The summed E-state index contributed by atoms with van der Waals surface area (Å²) in [5, 5.41) is 10.6. The first kappa shape index (κ1) is 11.2. The number of amides is 2. The van der Waals surface area contributed by atoms with Crippen molar-refractivity contribution >= 4 is 11.8 Å². The maximum atomic E-state index is 12.0. The second-order valence-electron chi connectivity index (χ2n) is 4.91. The van der Waals surface area contributed by atoms with E-state index in [0.29, 0.717) is 24.4 Å². The van der Waals surface area contributed by atoms with Crippen LogP contribution in [0.15, 0.2) is 18.7 Å². The van der Waals surface area contributed by atoms with Crippen LogP contribution in [0.25, 0.3) is 0 Å². The summed E-state index contributed by atoms with van der Waals surface area (Å²) in [7, 11) is 0. The molecule has 1 N–H and O–H groups in total. The minimum atomic E-state index is -0.889. The van der Waals surface area contributed by atoms with Crippen LogP contribution in [0.3, 0.4) is 0 Å². The SMILES string of the molecule is C[C@@]12CCC(=O)N1[C@@H](Cn1ccnc1)C(=O)N2O. The number of carbonyl (C=O) groups excluding carboxylic acids is 2. The highest BCUT2D eigenvalue weighted by Gasteiger charge is 2.59. The van der Waals surface area contributed by atoms with Crippen molar-refractivity contribution in [1.82, 2.24) is 19.5 Å². The molecule has 0 saturated carbocycles. The van der Waals surface area contributed by atoms with Gasteiger partial charge in [-0.25, -0.2) is 4.98 Å². The molecule has 2 fully saturated rings. The van der Waals surface area contributed by atoms with Crippen LogP contribution < -0.4 is 0 Å². The summed E-state index contributed by atoms with van der Waals surface area (Å²) < 4.78 is 1.73. The summed E-state index contributed by atoms with van der Waals surface area (Å²) in [5.74, 6) is -0.522. The Morgan fingerprint density at radius 3 is 3.00 bits per heavy atom. The molecule has 3 heterocycles. The summed E-state index contributed by atoms with van der Waals surface area (Å²) in [6, 6.07) is -0.649. The Morgan fingerprint density at radius 1 is 1.56 bits per heavy atom. The van der Waals surface area contributed by atoms with Gasteiger partial charge in [0, 0.05) is 25.2 Å². The van der Waals surface area contributed by atoms with E-state index in [9.17, 15) is 14.8 Å². The number of hydroxylamine groups is 2. The number of rotatable bonds is 2. The second kappa shape index (κ2) is 3.55. The van der Waals surface area contributed by atoms with Crippen LogP contribution in [0.2, 0.25) is 0 Å². The molecule has 3 rings (SSSR count). The van der Waals surface area contributed by atoms with Gasteiger partial charge in [0.05, 0.1) is 12.9 Å². The lowest BCUT2D eigenvalue weighted by Gasteiger charge is -2.32. The average Bonchev–Trinajstić information content (AvgIpc) is 2.98. The molecule has 18 heavy (non-hydrogen) atoms. The highest BCUT2D eigenvalue weighted by atomic mass is 16.5. The van der Waals surface area contributed by atoms with Crippen LogP contribution >= 0.6 is 0 Å². The van der Waals surface area contributed by atoms with Crippen LogP contribution in [-0.4, -0.2) is 48.2 Å².